The van der Waals surface area contributed by atoms with Gasteiger partial charge < -0.3 is 15.2 Å². The number of phenolic OH excluding ortho intramolecular Hbond substituents is 1. The van der Waals surface area contributed by atoms with Gasteiger partial charge in [0.05, 0.1) is 0 Å². The molecule has 4 nitrogen and oxygen atoms in total. The van der Waals surface area contributed by atoms with Crippen molar-refractivity contribution in [2.24, 2.45) is 5.92 Å². The predicted molar refractivity (Wildman–Crippen MR) is 125 cm³/mol. The second-order valence-electron chi connectivity index (χ2n) is 7.77. The summed E-state index contributed by atoms with van der Waals surface area (Å²) in [6.45, 7) is 9.09. The van der Waals surface area contributed by atoms with Crippen molar-refractivity contribution in [3.8, 4) is 11.5 Å². The molecule has 0 amide bonds. The molecule has 0 saturated carbocycles. The molecule has 1 heterocycles. The van der Waals surface area contributed by atoms with Crippen LogP contribution in [0.2, 0.25) is 0 Å². The monoisotopic (exact) mass is 440 g/mol. The minimum absolute atomic E-state index is 0. The number of piperazine rings is 1. The average molecular weight is 441 g/mol. The van der Waals surface area contributed by atoms with Gasteiger partial charge in [-0.3, -0.25) is 4.90 Å². The first-order valence-electron chi connectivity index (χ1n) is 10.1. The average Bonchev–Trinajstić information content (AvgIpc) is 2.69. The zero-order valence-electron chi connectivity index (χ0n) is 17.3. The van der Waals surface area contributed by atoms with Crippen LogP contribution >= 0.6 is 24.8 Å². The summed E-state index contributed by atoms with van der Waals surface area (Å²) in [5.74, 6) is 1.71. The Morgan fingerprint density at radius 1 is 1.00 bits per heavy atom. The molecule has 6 heteroatoms. The van der Waals surface area contributed by atoms with Gasteiger partial charge in [-0.2, -0.15) is 0 Å². The summed E-state index contributed by atoms with van der Waals surface area (Å²) in [6, 6.07) is 16.2. The summed E-state index contributed by atoms with van der Waals surface area (Å²) in [5.41, 5.74) is 2.14. The number of phenols is 1. The smallest absolute Gasteiger partial charge is 0.124 e. The number of nitrogens with zero attached hydrogens (tertiary/aromatic N) is 1. The maximum Gasteiger partial charge on any atom is 0.124 e. The normalized spacial score (nSPS) is 15.3. The Bertz CT molecular complexity index is 707. The number of aromatic hydroxyl groups is 1. The molecule has 1 saturated heterocycles. The van der Waals surface area contributed by atoms with Gasteiger partial charge in [0, 0.05) is 43.9 Å². The van der Waals surface area contributed by atoms with E-state index in [0.29, 0.717) is 24.0 Å². The number of nitrogens with one attached hydrogen (secondary N) is 1. The van der Waals surface area contributed by atoms with Crippen LogP contribution in [0.5, 0.6) is 11.5 Å². The highest BCUT2D eigenvalue weighted by molar-refractivity contribution is 5.85. The van der Waals surface area contributed by atoms with E-state index in [2.05, 4.69) is 24.1 Å². The highest BCUT2D eigenvalue weighted by atomic mass is 35.5. The van der Waals surface area contributed by atoms with Gasteiger partial charge in [0.15, 0.2) is 0 Å². The van der Waals surface area contributed by atoms with Gasteiger partial charge in [0.2, 0.25) is 0 Å². The van der Waals surface area contributed by atoms with Crippen molar-refractivity contribution in [1.82, 2.24) is 10.2 Å². The molecule has 0 radical (unpaired) electrons. The molecule has 29 heavy (non-hydrogen) atoms. The van der Waals surface area contributed by atoms with Crippen LogP contribution in [-0.2, 0) is 6.61 Å². The molecule has 0 bridgehead atoms. The number of hydrogen-bond acceptors (Lipinski definition) is 4. The zero-order chi connectivity index (χ0) is 19.1. The largest absolute Gasteiger partial charge is 0.507 e. The first-order chi connectivity index (χ1) is 13.1. The summed E-state index contributed by atoms with van der Waals surface area (Å²) < 4.78 is 5.87. The van der Waals surface area contributed by atoms with E-state index in [9.17, 15) is 5.11 Å². The minimum atomic E-state index is 0. The number of benzene rings is 2. The highest BCUT2D eigenvalue weighted by Gasteiger charge is 2.24. The Morgan fingerprint density at radius 3 is 2.31 bits per heavy atom. The molecule has 0 aliphatic carbocycles. The standard InChI is InChI=1S/C23H32N2O2.2ClH/c1-18(2)8-11-22(25-14-12-24-13-15-25)21-10-9-20(16-23(21)26)27-17-19-6-4-3-5-7-19;;/h3-7,9-10,16,18,22,24,26H,8,11-15,17H2,1-2H3;2*1H/t22-;;/m1../s1. The van der Waals surface area contributed by atoms with Gasteiger partial charge in [-0.25, -0.2) is 0 Å². The van der Waals surface area contributed by atoms with Crippen LogP contribution in [0.3, 0.4) is 0 Å². The molecule has 1 aliphatic heterocycles. The lowest BCUT2D eigenvalue weighted by atomic mass is 9.95. The topological polar surface area (TPSA) is 44.7 Å². The van der Waals surface area contributed by atoms with Crippen molar-refractivity contribution in [3.05, 3.63) is 59.7 Å². The Hall–Kier alpha value is -1.46. The van der Waals surface area contributed by atoms with Gasteiger partial charge in [0.1, 0.15) is 18.1 Å². The lowest BCUT2D eigenvalue weighted by Gasteiger charge is -2.36. The fourth-order valence-electron chi connectivity index (χ4n) is 3.66. The fraction of sp³-hybridized carbons (Fsp3) is 0.478. The Balaban J connectivity index is 0.00000210. The second kappa shape index (κ2) is 13.0. The number of halogens is 2. The Labute approximate surface area is 187 Å². The van der Waals surface area contributed by atoms with E-state index < -0.39 is 0 Å². The van der Waals surface area contributed by atoms with Gasteiger partial charge in [-0.1, -0.05) is 50.2 Å². The van der Waals surface area contributed by atoms with Crippen molar-refractivity contribution < 1.29 is 9.84 Å². The van der Waals surface area contributed by atoms with Gasteiger partial charge in [0.25, 0.3) is 0 Å². The van der Waals surface area contributed by atoms with Gasteiger partial charge in [-0.15, -0.1) is 24.8 Å². The molecule has 2 aromatic rings. The van der Waals surface area contributed by atoms with E-state index in [-0.39, 0.29) is 30.9 Å². The van der Waals surface area contributed by atoms with E-state index in [1.807, 2.05) is 42.5 Å². The quantitative estimate of drug-likeness (QED) is 0.591. The number of ether oxygens (including phenoxy) is 1. The van der Waals surface area contributed by atoms with Crippen LogP contribution in [0, 0.1) is 5.92 Å². The Kier molecular flexibility index (Phi) is 11.4. The molecule has 1 aliphatic rings. The van der Waals surface area contributed by atoms with Crippen molar-refractivity contribution in [1.29, 1.82) is 0 Å². The predicted octanol–water partition coefficient (Wildman–Crippen LogP) is 5.20. The summed E-state index contributed by atoms with van der Waals surface area (Å²) in [6.07, 6.45) is 2.22. The molecule has 3 rings (SSSR count). The van der Waals surface area contributed by atoms with Crippen LogP contribution in [-0.4, -0.2) is 36.2 Å². The van der Waals surface area contributed by atoms with E-state index in [4.69, 9.17) is 4.74 Å². The summed E-state index contributed by atoms with van der Waals surface area (Å²) in [5, 5.41) is 14.2. The van der Waals surface area contributed by atoms with Gasteiger partial charge >= 0.3 is 0 Å². The SMILES string of the molecule is CC(C)CC[C@H](c1ccc(OCc2ccccc2)cc1O)N1CCNCC1.Cl.Cl. The fourth-order valence-corrected chi connectivity index (χ4v) is 3.66. The molecule has 1 atom stereocenters. The molecule has 1 fully saturated rings. The molecule has 0 aromatic heterocycles. The molecule has 2 N–H and O–H groups in total. The molecule has 0 unspecified atom stereocenters. The number of hydrogen-bond donors (Lipinski definition) is 2. The van der Waals surface area contributed by atoms with Crippen molar-refractivity contribution >= 4 is 24.8 Å². The van der Waals surface area contributed by atoms with Crippen molar-refractivity contribution in [2.45, 2.75) is 39.3 Å². The first kappa shape index (κ1) is 25.6. The third kappa shape index (κ3) is 7.71. The van der Waals surface area contributed by atoms with E-state index in [0.717, 1.165) is 50.1 Å². The van der Waals surface area contributed by atoms with Crippen LogP contribution in [0.1, 0.15) is 43.9 Å². The minimum Gasteiger partial charge on any atom is -0.507 e. The first-order valence-corrected chi connectivity index (χ1v) is 10.1. The maximum absolute atomic E-state index is 10.7. The van der Waals surface area contributed by atoms with E-state index in [1.54, 1.807) is 6.07 Å². The van der Waals surface area contributed by atoms with Crippen LogP contribution in [0.4, 0.5) is 0 Å². The molecule has 162 valence electrons. The van der Waals surface area contributed by atoms with Crippen LogP contribution in [0.25, 0.3) is 0 Å². The number of rotatable bonds is 8. The summed E-state index contributed by atoms with van der Waals surface area (Å²) in [4.78, 5) is 2.50. The molecule has 0 spiro atoms. The third-order valence-corrected chi connectivity index (χ3v) is 5.22. The highest BCUT2D eigenvalue weighted by Crippen LogP contribution is 2.35. The van der Waals surface area contributed by atoms with E-state index >= 15 is 0 Å². The van der Waals surface area contributed by atoms with Crippen LogP contribution in [0.15, 0.2) is 48.5 Å². The Morgan fingerprint density at radius 2 is 1.69 bits per heavy atom. The summed E-state index contributed by atoms with van der Waals surface area (Å²) >= 11 is 0. The van der Waals surface area contributed by atoms with E-state index in [1.165, 1.54) is 0 Å². The van der Waals surface area contributed by atoms with Crippen LogP contribution < -0.4 is 10.1 Å². The van der Waals surface area contributed by atoms with Crippen molar-refractivity contribution in [2.75, 3.05) is 26.2 Å². The third-order valence-electron chi connectivity index (χ3n) is 5.22. The lowest BCUT2D eigenvalue weighted by Crippen LogP contribution is -2.45. The molecule has 2 aromatic carbocycles. The maximum atomic E-state index is 10.7. The molecular weight excluding hydrogens is 407 g/mol. The lowest BCUT2D eigenvalue weighted by molar-refractivity contribution is 0.157. The van der Waals surface area contributed by atoms with Crippen molar-refractivity contribution in [3.63, 3.8) is 0 Å². The van der Waals surface area contributed by atoms with Gasteiger partial charge in [-0.05, 0) is 30.4 Å². The zero-order valence-corrected chi connectivity index (χ0v) is 19.0. The molecular formula is C23H34Cl2N2O2. The second-order valence-corrected chi connectivity index (χ2v) is 7.77. The summed E-state index contributed by atoms with van der Waals surface area (Å²) in [7, 11) is 0.